The van der Waals surface area contributed by atoms with Gasteiger partial charge in [0.05, 0.1) is 5.92 Å². The molecule has 0 aromatic rings. The molecule has 17 heavy (non-hydrogen) atoms. The lowest BCUT2D eigenvalue weighted by atomic mass is 9.86. The third-order valence-electron chi connectivity index (χ3n) is 3.61. The van der Waals surface area contributed by atoms with Crippen molar-refractivity contribution in [3.05, 3.63) is 23.8 Å². The van der Waals surface area contributed by atoms with Gasteiger partial charge in [0.1, 0.15) is 6.61 Å². The van der Waals surface area contributed by atoms with E-state index in [4.69, 9.17) is 10.5 Å². The summed E-state index contributed by atoms with van der Waals surface area (Å²) in [5.41, 5.74) is 7.04. The smallest absolute Gasteiger partial charge is 0.309 e. The van der Waals surface area contributed by atoms with Gasteiger partial charge >= 0.3 is 5.97 Å². The Bertz CT molecular complexity index is 325. The Morgan fingerprint density at radius 2 is 2.12 bits per heavy atom. The summed E-state index contributed by atoms with van der Waals surface area (Å²) in [6.07, 6.45) is 12.0. The molecular formula is C14H21NO2. The SMILES string of the molecule is NC1CCC(C(=O)OCC2=CC=CCC2)CC1. The van der Waals surface area contributed by atoms with E-state index in [0.29, 0.717) is 6.61 Å². The Hall–Kier alpha value is -1.09. The number of hydrogen-bond acceptors (Lipinski definition) is 3. The average Bonchev–Trinajstić information content (AvgIpc) is 2.38. The summed E-state index contributed by atoms with van der Waals surface area (Å²) in [6, 6.07) is 0.283. The number of nitrogens with two attached hydrogens (primary N) is 1. The van der Waals surface area contributed by atoms with Crippen LogP contribution in [0.5, 0.6) is 0 Å². The van der Waals surface area contributed by atoms with Crippen molar-refractivity contribution in [1.82, 2.24) is 0 Å². The first-order valence-electron chi connectivity index (χ1n) is 6.52. The zero-order chi connectivity index (χ0) is 12.1. The second-order valence-electron chi connectivity index (χ2n) is 5.01. The molecule has 0 unspecified atom stereocenters. The molecule has 0 saturated heterocycles. The molecule has 0 atom stereocenters. The Morgan fingerprint density at radius 1 is 1.35 bits per heavy atom. The maximum Gasteiger partial charge on any atom is 0.309 e. The second kappa shape index (κ2) is 6.01. The molecule has 0 amide bonds. The lowest BCUT2D eigenvalue weighted by Gasteiger charge is -2.24. The van der Waals surface area contributed by atoms with Gasteiger partial charge in [0.2, 0.25) is 0 Å². The molecule has 3 heteroatoms. The summed E-state index contributed by atoms with van der Waals surface area (Å²) < 4.78 is 5.37. The molecule has 2 aliphatic carbocycles. The zero-order valence-electron chi connectivity index (χ0n) is 10.2. The van der Waals surface area contributed by atoms with E-state index in [2.05, 4.69) is 6.08 Å². The van der Waals surface area contributed by atoms with Gasteiger partial charge in [-0.3, -0.25) is 4.79 Å². The molecule has 1 saturated carbocycles. The minimum Gasteiger partial charge on any atom is -0.461 e. The number of allylic oxidation sites excluding steroid dienone is 3. The largest absolute Gasteiger partial charge is 0.461 e. The first-order chi connectivity index (χ1) is 8.25. The van der Waals surface area contributed by atoms with Crippen LogP contribution in [0.4, 0.5) is 0 Å². The quantitative estimate of drug-likeness (QED) is 0.764. The maximum absolute atomic E-state index is 11.8. The normalized spacial score (nSPS) is 28.6. The predicted molar refractivity (Wildman–Crippen MR) is 67.3 cm³/mol. The van der Waals surface area contributed by atoms with Crippen LogP contribution in [0.2, 0.25) is 0 Å². The second-order valence-corrected chi connectivity index (χ2v) is 5.01. The summed E-state index contributed by atoms with van der Waals surface area (Å²) in [4.78, 5) is 11.8. The van der Waals surface area contributed by atoms with Gasteiger partial charge in [-0.25, -0.2) is 0 Å². The zero-order valence-corrected chi connectivity index (χ0v) is 10.2. The summed E-state index contributed by atoms with van der Waals surface area (Å²) >= 11 is 0. The van der Waals surface area contributed by atoms with Crippen LogP contribution in [0.15, 0.2) is 23.8 Å². The van der Waals surface area contributed by atoms with E-state index < -0.39 is 0 Å². The average molecular weight is 235 g/mol. The van der Waals surface area contributed by atoms with Gasteiger partial charge in [0.25, 0.3) is 0 Å². The van der Waals surface area contributed by atoms with Crippen LogP contribution in [-0.4, -0.2) is 18.6 Å². The van der Waals surface area contributed by atoms with Crippen LogP contribution in [0.25, 0.3) is 0 Å². The fourth-order valence-electron chi connectivity index (χ4n) is 2.41. The van der Waals surface area contributed by atoms with Crippen LogP contribution in [0, 0.1) is 5.92 Å². The van der Waals surface area contributed by atoms with E-state index in [1.807, 2.05) is 12.2 Å². The monoisotopic (exact) mass is 235 g/mol. The van der Waals surface area contributed by atoms with Crippen LogP contribution in [0.3, 0.4) is 0 Å². The number of hydrogen-bond donors (Lipinski definition) is 1. The van der Waals surface area contributed by atoms with Gasteiger partial charge in [0, 0.05) is 6.04 Å². The van der Waals surface area contributed by atoms with Gasteiger partial charge in [-0.2, -0.15) is 0 Å². The molecule has 94 valence electrons. The Balaban J connectivity index is 1.73. The highest BCUT2D eigenvalue weighted by atomic mass is 16.5. The van der Waals surface area contributed by atoms with E-state index in [0.717, 1.165) is 38.5 Å². The van der Waals surface area contributed by atoms with Crippen LogP contribution >= 0.6 is 0 Å². The van der Waals surface area contributed by atoms with E-state index in [-0.39, 0.29) is 17.9 Å². The molecule has 0 bridgehead atoms. The van der Waals surface area contributed by atoms with E-state index >= 15 is 0 Å². The van der Waals surface area contributed by atoms with Crippen molar-refractivity contribution >= 4 is 5.97 Å². The van der Waals surface area contributed by atoms with Crippen molar-refractivity contribution in [2.45, 2.75) is 44.6 Å². The van der Waals surface area contributed by atoms with Crippen molar-refractivity contribution in [1.29, 1.82) is 0 Å². The van der Waals surface area contributed by atoms with E-state index in [9.17, 15) is 4.79 Å². The molecule has 0 aromatic heterocycles. The standard InChI is InChI=1S/C14H21NO2/c15-13-8-6-12(7-9-13)14(16)17-10-11-4-2-1-3-5-11/h1-2,4,12-13H,3,5-10,15H2. The molecule has 2 aliphatic rings. The van der Waals surface area contributed by atoms with Crippen molar-refractivity contribution in [2.24, 2.45) is 11.7 Å². The van der Waals surface area contributed by atoms with Gasteiger partial charge in [-0.1, -0.05) is 18.2 Å². The fourth-order valence-corrected chi connectivity index (χ4v) is 2.41. The minimum atomic E-state index is -0.0349. The van der Waals surface area contributed by atoms with Crippen LogP contribution < -0.4 is 5.73 Å². The molecular weight excluding hydrogens is 214 g/mol. The van der Waals surface area contributed by atoms with Crippen molar-refractivity contribution in [2.75, 3.05) is 6.61 Å². The fraction of sp³-hybridized carbons (Fsp3) is 0.643. The van der Waals surface area contributed by atoms with E-state index in [1.54, 1.807) is 0 Å². The van der Waals surface area contributed by atoms with Crippen LogP contribution in [0.1, 0.15) is 38.5 Å². The molecule has 2 rings (SSSR count). The molecule has 3 nitrogen and oxygen atoms in total. The summed E-state index contributed by atoms with van der Waals surface area (Å²) in [5, 5.41) is 0. The first kappa shape index (κ1) is 12.4. The topological polar surface area (TPSA) is 52.3 Å². The Kier molecular flexibility index (Phi) is 4.37. The highest BCUT2D eigenvalue weighted by Crippen LogP contribution is 2.24. The number of carbonyl (C=O) groups excluding carboxylic acids is 1. The maximum atomic E-state index is 11.8. The molecule has 0 spiro atoms. The van der Waals surface area contributed by atoms with Crippen molar-refractivity contribution in [3.63, 3.8) is 0 Å². The van der Waals surface area contributed by atoms with Gasteiger partial charge < -0.3 is 10.5 Å². The number of ether oxygens (including phenoxy) is 1. The molecule has 2 N–H and O–H groups in total. The molecule has 0 aliphatic heterocycles. The molecule has 1 fully saturated rings. The Labute approximate surface area is 103 Å². The van der Waals surface area contributed by atoms with Crippen molar-refractivity contribution < 1.29 is 9.53 Å². The lowest BCUT2D eigenvalue weighted by Crippen LogP contribution is -2.30. The van der Waals surface area contributed by atoms with Gasteiger partial charge in [-0.05, 0) is 44.1 Å². The van der Waals surface area contributed by atoms with Gasteiger partial charge in [-0.15, -0.1) is 0 Å². The van der Waals surface area contributed by atoms with Crippen LogP contribution in [-0.2, 0) is 9.53 Å². The predicted octanol–water partition coefficient (Wildman–Crippen LogP) is 2.32. The van der Waals surface area contributed by atoms with Gasteiger partial charge in [0.15, 0.2) is 0 Å². The third kappa shape index (κ3) is 3.70. The third-order valence-corrected chi connectivity index (χ3v) is 3.61. The van der Waals surface area contributed by atoms with Crippen molar-refractivity contribution in [3.8, 4) is 0 Å². The molecule has 0 radical (unpaired) electrons. The highest BCUT2D eigenvalue weighted by molar-refractivity contribution is 5.72. The minimum absolute atomic E-state index is 0.0349. The number of rotatable bonds is 3. The summed E-state index contributed by atoms with van der Waals surface area (Å²) in [7, 11) is 0. The summed E-state index contributed by atoms with van der Waals surface area (Å²) in [6.45, 7) is 0.464. The number of carbonyl (C=O) groups is 1. The summed E-state index contributed by atoms with van der Waals surface area (Å²) in [5.74, 6) is 0.0434. The first-order valence-corrected chi connectivity index (χ1v) is 6.52. The molecule has 0 aromatic carbocycles. The Morgan fingerprint density at radius 3 is 2.76 bits per heavy atom. The number of esters is 1. The lowest BCUT2D eigenvalue weighted by molar-refractivity contribution is -0.148. The van der Waals surface area contributed by atoms with E-state index in [1.165, 1.54) is 5.57 Å². The molecule has 0 heterocycles. The highest BCUT2D eigenvalue weighted by Gasteiger charge is 2.25.